The van der Waals surface area contributed by atoms with Crippen LogP contribution in [0, 0.1) is 13.8 Å². The van der Waals surface area contributed by atoms with Crippen molar-refractivity contribution in [2.24, 2.45) is 10.2 Å². The Hall–Kier alpha value is -3.55. The van der Waals surface area contributed by atoms with Crippen LogP contribution in [0.1, 0.15) is 72.4 Å². The number of carbonyl (C=O) groups excluding carboxylic acids is 2. The van der Waals surface area contributed by atoms with E-state index in [4.69, 9.17) is 38.4 Å². The van der Waals surface area contributed by atoms with Gasteiger partial charge in [0.1, 0.15) is 0 Å². The van der Waals surface area contributed by atoms with E-state index in [1.807, 2.05) is 68.4 Å². The first-order chi connectivity index (χ1) is 18.1. The number of hydrogen-bond donors (Lipinski definition) is 0. The van der Waals surface area contributed by atoms with E-state index in [0.29, 0.717) is 22.9 Å². The van der Waals surface area contributed by atoms with Gasteiger partial charge in [0.15, 0.2) is 0 Å². The van der Waals surface area contributed by atoms with Crippen molar-refractivity contribution in [3.8, 4) is 0 Å². The second-order valence-corrected chi connectivity index (χ2v) is 10.5. The molecule has 0 spiro atoms. The molecule has 1 aromatic heterocycles. The highest BCUT2D eigenvalue weighted by Crippen LogP contribution is 2.36. The number of nitrogens with zero attached hydrogens (tertiary/aromatic N) is 5. The number of aromatic nitrogens is 1. The molecule has 0 N–H and O–H groups in total. The molecule has 0 bridgehead atoms. The van der Waals surface area contributed by atoms with Crippen LogP contribution in [0.3, 0.4) is 0 Å². The van der Waals surface area contributed by atoms with Crippen LogP contribution in [-0.4, -0.2) is 38.2 Å². The van der Waals surface area contributed by atoms with Crippen molar-refractivity contribution in [1.82, 2.24) is 15.0 Å². The molecule has 0 aliphatic carbocycles. The van der Waals surface area contributed by atoms with Gasteiger partial charge in [0.25, 0.3) is 0 Å². The van der Waals surface area contributed by atoms with Crippen LogP contribution in [0.5, 0.6) is 0 Å². The van der Waals surface area contributed by atoms with Gasteiger partial charge in [-0.2, -0.15) is 10.2 Å². The van der Waals surface area contributed by atoms with Gasteiger partial charge >= 0.3 is 0 Å². The second-order valence-electron chi connectivity index (χ2n) is 9.62. The predicted molar refractivity (Wildman–Crippen MR) is 149 cm³/mol. The average molecular weight is 548 g/mol. The van der Waals surface area contributed by atoms with Crippen molar-refractivity contribution in [3.63, 3.8) is 0 Å². The van der Waals surface area contributed by atoms with Crippen molar-refractivity contribution in [2.45, 2.75) is 52.6 Å². The number of amides is 2. The number of aryl methyl sites for hydroxylation is 2. The standard InChI is InChI=1S/C29H27Cl2N5O2/c1-16-24(26-14-28(35(33-26)18(3)37)20-5-9-22(30)10-6-20)13-25(17(2)32-16)27-15-29(36(34-27)19(4)38)21-7-11-23(31)12-8-21/h5-13,28-29H,14-15H2,1-4H3/t28-,29-/m0/s1. The lowest BCUT2D eigenvalue weighted by Gasteiger charge is -2.20. The topological polar surface area (TPSA) is 78.2 Å². The molecule has 3 aromatic rings. The Bertz CT molecular complexity index is 1370. The molecule has 2 atom stereocenters. The molecule has 38 heavy (non-hydrogen) atoms. The molecule has 5 rings (SSSR count). The van der Waals surface area contributed by atoms with Gasteiger partial charge in [0.05, 0.1) is 23.5 Å². The molecule has 0 fully saturated rings. The fraction of sp³-hybridized carbons (Fsp3) is 0.276. The molecule has 2 aliphatic heterocycles. The Morgan fingerprint density at radius 3 is 1.42 bits per heavy atom. The molecule has 2 aliphatic rings. The second kappa shape index (κ2) is 10.3. The number of benzene rings is 2. The summed E-state index contributed by atoms with van der Waals surface area (Å²) in [5.74, 6) is -0.276. The molecule has 0 saturated carbocycles. The Morgan fingerprint density at radius 2 is 1.08 bits per heavy atom. The normalized spacial score (nSPS) is 19.0. The van der Waals surface area contributed by atoms with Gasteiger partial charge in [-0.05, 0) is 55.3 Å². The molecule has 7 nitrogen and oxygen atoms in total. The number of pyridine rings is 1. The van der Waals surface area contributed by atoms with Crippen molar-refractivity contribution in [2.75, 3.05) is 0 Å². The lowest BCUT2D eigenvalue weighted by Crippen LogP contribution is -2.24. The summed E-state index contributed by atoms with van der Waals surface area (Å²) >= 11 is 12.2. The van der Waals surface area contributed by atoms with Crippen LogP contribution < -0.4 is 0 Å². The van der Waals surface area contributed by atoms with E-state index in [0.717, 1.165) is 45.1 Å². The van der Waals surface area contributed by atoms with Gasteiger partial charge in [0.2, 0.25) is 11.8 Å². The van der Waals surface area contributed by atoms with Gasteiger partial charge in [-0.3, -0.25) is 14.6 Å². The fourth-order valence-corrected chi connectivity index (χ4v) is 5.38. The predicted octanol–water partition coefficient (Wildman–Crippen LogP) is 6.40. The Balaban J connectivity index is 1.50. The summed E-state index contributed by atoms with van der Waals surface area (Å²) in [5.41, 5.74) is 6.85. The summed E-state index contributed by atoms with van der Waals surface area (Å²) in [6.07, 6.45) is 1.09. The average Bonchev–Trinajstić information content (AvgIpc) is 3.51. The van der Waals surface area contributed by atoms with Crippen molar-refractivity contribution in [1.29, 1.82) is 0 Å². The number of rotatable bonds is 4. The maximum Gasteiger partial charge on any atom is 0.240 e. The van der Waals surface area contributed by atoms with Crippen LogP contribution in [0.25, 0.3) is 0 Å². The summed E-state index contributed by atoms with van der Waals surface area (Å²) in [5, 5.41) is 13.8. The first-order valence-electron chi connectivity index (χ1n) is 12.4. The first-order valence-corrected chi connectivity index (χ1v) is 13.1. The quantitative estimate of drug-likeness (QED) is 0.379. The molecule has 2 amide bonds. The smallest absolute Gasteiger partial charge is 0.240 e. The van der Waals surface area contributed by atoms with E-state index < -0.39 is 0 Å². The van der Waals surface area contributed by atoms with E-state index in [9.17, 15) is 9.59 Å². The van der Waals surface area contributed by atoms with Gasteiger partial charge < -0.3 is 0 Å². The van der Waals surface area contributed by atoms with Crippen molar-refractivity contribution < 1.29 is 9.59 Å². The molecular weight excluding hydrogens is 521 g/mol. The van der Waals surface area contributed by atoms with Crippen LogP contribution in [-0.2, 0) is 9.59 Å². The Kier molecular flexibility index (Phi) is 7.07. The van der Waals surface area contributed by atoms with E-state index in [1.54, 1.807) is 0 Å². The maximum atomic E-state index is 12.5. The highest BCUT2D eigenvalue weighted by Gasteiger charge is 2.35. The molecule has 3 heterocycles. The molecule has 0 saturated heterocycles. The highest BCUT2D eigenvalue weighted by molar-refractivity contribution is 6.30. The number of hydrogen-bond acceptors (Lipinski definition) is 5. The molecule has 2 aromatic carbocycles. The van der Waals surface area contributed by atoms with Gasteiger partial charge in [-0.25, -0.2) is 10.0 Å². The third-order valence-corrected chi connectivity index (χ3v) is 7.50. The summed E-state index contributed by atoms with van der Waals surface area (Å²) in [7, 11) is 0. The van der Waals surface area contributed by atoms with E-state index >= 15 is 0 Å². The summed E-state index contributed by atoms with van der Waals surface area (Å²) in [6, 6.07) is 16.6. The van der Waals surface area contributed by atoms with Gasteiger partial charge in [-0.1, -0.05) is 47.5 Å². The molecule has 194 valence electrons. The zero-order valence-corrected chi connectivity index (χ0v) is 23.1. The Morgan fingerprint density at radius 1 is 0.711 bits per heavy atom. The van der Waals surface area contributed by atoms with Crippen LogP contribution in [0.2, 0.25) is 10.0 Å². The SMILES string of the molecule is CC(=O)N1N=C(c2cc(C3=NN(C(C)=O)[C@H](c4ccc(Cl)cc4)C3)c(C)nc2C)C[C@H]1c1ccc(Cl)cc1. The molecule has 0 radical (unpaired) electrons. The van der Waals surface area contributed by atoms with E-state index in [1.165, 1.54) is 23.9 Å². The van der Waals surface area contributed by atoms with Crippen LogP contribution in [0.15, 0.2) is 64.8 Å². The summed E-state index contributed by atoms with van der Waals surface area (Å²) in [4.78, 5) is 29.8. The molecule has 0 unspecified atom stereocenters. The molecular formula is C29H27Cl2N5O2. The zero-order chi connectivity index (χ0) is 27.1. The summed E-state index contributed by atoms with van der Waals surface area (Å²) < 4.78 is 0. The zero-order valence-electron chi connectivity index (χ0n) is 21.6. The maximum absolute atomic E-state index is 12.5. The van der Waals surface area contributed by atoms with E-state index in [2.05, 4.69) is 0 Å². The summed E-state index contributed by atoms with van der Waals surface area (Å²) in [6.45, 7) is 6.91. The lowest BCUT2D eigenvalue weighted by molar-refractivity contribution is -0.131. The van der Waals surface area contributed by atoms with Gasteiger partial charge in [-0.15, -0.1) is 0 Å². The first kappa shape index (κ1) is 26.1. The van der Waals surface area contributed by atoms with Crippen LogP contribution in [0.4, 0.5) is 0 Å². The number of carbonyl (C=O) groups is 2. The van der Waals surface area contributed by atoms with Crippen molar-refractivity contribution in [3.05, 3.63) is 98.3 Å². The lowest BCUT2D eigenvalue weighted by atomic mass is 9.93. The largest absolute Gasteiger partial charge is 0.273 e. The monoisotopic (exact) mass is 547 g/mol. The Labute approximate surface area is 231 Å². The molecule has 9 heteroatoms. The minimum Gasteiger partial charge on any atom is -0.273 e. The van der Waals surface area contributed by atoms with Crippen molar-refractivity contribution >= 4 is 46.4 Å². The third-order valence-electron chi connectivity index (χ3n) is 7.00. The minimum atomic E-state index is -0.227. The highest BCUT2D eigenvalue weighted by atomic mass is 35.5. The number of halogens is 2. The fourth-order valence-electron chi connectivity index (χ4n) is 5.13. The van der Waals surface area contributed by atoms with Crippen LogP contribution >= 0.6 is 23.2 Å². The van der Waals surface area contributed by atoms with E-state index in [-0.39, 0.29) is 23.9 Å². The van der Waals surface area contributed by atoms with Gasteiger partial charge in [0, 0.05) is 59.2 Å². The minimum absolute atomic E-state index is 0.138. The third kappa shape index (κ3) is 4.96. The number of hydrazone groups is 2.